The Morgan fingerprint density at radius 1 is 0.895 bits per heavy atom. The number of esters is 2. The number of aliphatic imine (C=N–C) groups is 1. The highest BCUT2D eigenvalue weighted by molar-refractivity contribution is 5.87. The van der Waals surface area contributed by atoms with Crippen LogP contribution in [0.3, 0.4) is 0 Å². The summed E-state index contributed by atoms with van der Waals surface area (Å²) in [5.41, 5.74) is -1.80. The van der Waals surface area contributed by atoms with Gasteiger partial charge in [-0.1, -0.05) is 6.07 Å². The Bertz CT molecular complexity index is 1270. The Labute approximate surface area is 215 Å². The number of aliphatic hydroxyl groups excluding tert-OH is 1. The number of carbonyl (C=O) groups excluding carboxylic acids is 2. The number of benzene rings is 2. The van der Waals surface area contributed by atoms with Crippen molar-refractivity contribution in [2.45, 2.75) is 36.8 Å². The lowest BCUT2D eigenvalue weighted by Crippen LogP contribution is -2.58. The van der Waals surface area contributed by atoms with E-state index in [9.17, 15) is 50.1 Å². The van der Waals surface area contributed by atoms with Gasteiger partial charge >= 0.3 is 17.9 Å². The van der Waals surface area contributed by atoms with Crippen molar-refractivity contribution in [3.8, 4) is 23.0 Å². The molecule has 2 aromatic rings. The second kappa shape index (κ2) is 11.6. The number of phenols is 4. The third kappa shape index (κ3) is 6.99. The van der Waals surface area contributed by atoms with Crippen LogP contribution in [0.25, 0.3) is 6.08 Å². The number of aliphatic hydroxyl groups is 2. The number of ether oxygens (including phenoxy) is 2. The highest BCUT2D eigenvalue weighted by Gasteiger charge is 2.52. The number of carboxylic acid groups (broad SMARTS) is 1. The summed E-state index contributed by atoms with van der Waals surface area (Å²) in [4.78, 5) is 40.0. The van der Waals surface area contributed by atoms with Crippen LogP contribution in [0.1, 0.15) is 24.0 Å². The van der Waals surface area contributed by atoms with Crippen molar-refractivity contribution in [2.24, 2.45) is 4.99 Å². The number of aromatic hydroxyl groups is 4. The zero-order valence-corrected chi connectivity index (χ0v) is 19.7. The van der Waals surface area contributed by atoms with E-state index in [2.05, 4.69) is 4.99 Å². The Balaban J connectivity index is 1.66. The molecule has 4 unspecified atom stereocenters. The summed E-state index contributed by atoms with van der Waals surface area (Å²) in [6.07, 6.45) is -2.80. The first-order chi connectivity index (χ1) is 17.9. The van der Waals surface area contributed by atoms with Crippen LogP contribution in [0.5, 0.6) is 23.0 Å². The van der Waals surface area contributed by atoms with Crippen molar-refractivity contribution in [1.29, 1.82) is 0 Å². The Morgan fingerprint density at radius 2 is 1.45 bits per heavy atom. The van der Waals surface area contributed by atoms with Gasteiger partial charge in [-0.25, -0.2) is 9.59 Å². The fourth-order valence-electron chi connectivity index (χ4n) is 3.68. The normalized spacial score (nSPS) is 23.4. The molecule has 0 amide bonds. The number of hydrogen-bond donors (Lipinski definition) is 7. The van der Waals surface area contributed by atoms with Crippen LogP contribution in [-0.2, 0) is 23.9 Å². The van der Waals surface area contributed by atoms with Crippen LogP contribution < -0.4 is 0 Å². The van der Waals surface area contributed by atoms with Crippen LogP contribution in [0, 0.1) is 0 Å². The van der Waals surface area contributed by atoms with Gasteiger partial charge in [-0.3, -0.25) is 9.79 Å². The fraction of sp³-hybridized carbons (Fsp3) is 0.280. The zero-order chi connectivity index (χ0) is 28.0. The maximum absolute atomic E-state index is 12.3. The van der Waals surface area contributed by atoms with Crippen LogP contribution in [0.2, 0.25) is 0 Å². The lowest BCUT2D eigenvalue weighted by molar-refractivity contribution is -0.204. The minimum Gasteiger partial charge on any atom is -0.504 e. The molecule has 202 valence electrons. The van der Waals surface area contributed by atoms with Gasteiger partial charge in [0.15, 0.2) is 28.6 Å². The average molecular weight is 531 g/mol. The van der Waals surface area contributed by atoms with Crippen molar-refractivity contribution < 1.29 is 59.6 Å². The minimum absolute atomic E-state index is 0.318. The summed E-state index contributed by atoms with van der Waals surface area (Å²) in [5, 5.41) is 68.3. The third-order valence-electron chi connectivity index (χ3n) is 5.66. The van der Waals surface area contributed by atoms with Gasteiger partial charge in [0, 0.05) is 25.1 Å². The van der Waals surface area contributed by atoms with Crippen molar-refractivity contribution >= 4 is 30.2 Å². The second-order valence-electron chi connectivity index (χ2n) is 8.54. The fourth-order valence-corrected chi connectivity index (χ4v) is 3.68. The number of aliphatic carboxylic acids is 1. The third-order valence-corrected chi connectivity index (χ3v) is 5.66. The molecular weight excluding hydrogens is 506 g/mol. The minimum atomic E-state index is -2.48. The molecule has 1 aliphatic carbocycles. The van der Waals surface area contributed by atoms with Crippen LogP contribution >= 0.6 is 0 Å². The molecule has 0 heterocycles. The largest absolute Gasteiger partial charge is 0.504 e. The molecule has 13 heteroatoms. The molecule has 38 heavy (non-hydrogen) atoms. The van der Waals surface area contributed by atoms with Gasteiger partial charge in [-0.15, -0.1) is 0 Å². The van der Waals surface area contributed by atoms with Crippen molar-refractivity contribution in [3.05, 3.63) is 53.6 Å². The number of rotatable bonds is 8. The van der Waals surface area contributed by atoms with Gasteiger partial charge in [0.1, 0.15) is 24.9 Å². The number of nitrogens with zero attached hydrogens (tertiary/aromatic N) is 1. The van der Waals surface area contributed by atoms with Gasteiger partial charge in [-0.2, -0.15) is 0 Å². The quantitative estimate of drug-likeness (QED) is 0.107. The molecule has 7 N–H and O–H groups in total. The molecule has 1 saturated carbocycles. The molecule has 1 aliphatic rings. The first-order valence-electron chi connectivity index (χ1n) is 11.1. The van der Waals surface area contributed by atoms with Gasteiger partial charge in [0.2, 0.25) is 0 Å². The monoisotopic (exact) mass is 531 g/mol. The molecule has 0 aromatic heterocycles. The van der Waals surface area contributed by atoms with E-state index < -0.39 is 72.7 Å². The number of phenolic OH excluding ortho intramolecular Hbond substituents is 4. The van der Waals surface area contributed by atoms with E-state index in [1.54, 1.807) is 0 Å². The van der Waals surface area contributed by atoms with Crippen molar-refractivity contribution in [3.63, 3.8) is 0 Å². The molecule has 0 aliphatic heterocycles. The molecule has 2 aromatic carbocycles. The van der Waals surface area contributed by atoms with E-state index in [1.165, 1.54) is 48.7 Å². The lowest BCUT2D eigenvalue weighted by Gasteiger charge is -2.40. The molecule has 1 fully saturated rings. The Morgan fingerprint density at radius 3 is 2.03 bits per heavy atom. The molecule has 4 atom stereocenters. The van der Waals surface area contributed by atoms with Crippen LogP contribution in [-0.4, -0.2) is 90.3 Å². The second-order valence-corrected chi connectivity index (χ2v) is 8.54. The maximum atomic E-state index is 12.3. The van der Waals surface area contributed by atoms with Gasteiger partial charge in [-0.05, 0) is 47.5 Å². The summed E-state index contributed by atoms with van der Waals surface area (Å²) < 4.78 is 10.2. The molecule has 0 bridgehead atoms. The smallest absolute Gasteiger partial charge is 0.335 e. The maximum Gasteiger partial charge on any atom is 0.335 e. The SMILES string of the molecule is O=C(C=Cc1ccc(O)c(O)c1)OC1CC(O)(C(=O)O)CC(OC(=O)CN=Cc2ccc(O)c(O)c2)C1O. The molecule has 0 radical (unpaired) electrons. The first kappa shape index (κ1) is 28.0. The van der Waals surface area contributed by atoms with Gasteiger partial charge in [0.05, 0.1) is 0 Å². The van der Waals surface area contributed by atoms with E-state index in [1.807, 2.05) is 0 Å². The van der Waals surface area contributed by atoms with Crippen LogP contribution in [0.15, 0.2) is 47.5 Å². The predicted molar refractivity (Wildman–Crippen MR) is 129 cm³/mol. The Kier molecular flexibility index (Phi) is 8.55. The van der Waals surface area contributed by atoms with Crippen molar-refractivity contribution in [1.82, 2.24) is 0 Å². The van der Waals surface area contributed by atoms with Gasteiger partial charge in [0.25, 0.3) is 0 Å². The molecular formula is C25H25NO12. The first-order valence-corrected chi connectivity index (χ1v) is 11.1. The summed E-state index contributed by atoms with van der Waals surface area (Å²) in [7, 11) is 0. The highest BCUT2D eigenvalue weighted by Crippen LogP contribution is 2.33. The van der Waals surface area contributed by atoms with Gasteiger partial charge < -0.3 is 45.2 Å². The highest BCUT2D eigenvalue weighted by atomic mass is 16.6. The van der Waals surface area contributed by atoms with E-state index in [-0.39, 0.29) is 11.5 Å². The standard InChI is InChI=1S/C25H25NO12/c27-15-4-1-13(7-17(15)29)3-6-21(31)37-19-9-25(36,24(34)35)10-20(23(19)33)38-22(32)12-26-11-14-2-5-16(28)18(30)8-14/h1-8,11,19-20,23,27-30,33,36H,9-10,12H2,(H,34,35). The van der Waals surface area contributed by atoms with E-state index >= 15 is 0 Å². The number of hydrogen-bond acceptors (Lipinski definition) is 12. The van der Waals surface area contributed by atoms with E-state index in [4.69, 9.17) is 9.47 Å². The molecule has 3 rings (SSSR count). The lowest BCUT2D eigenvalue weighted by atomic mass is 9.79. The summed E-state index contributed by atoms with van der Waals surface area (Å²) in [6.45, 7) is -0.566. The number of carboxylic acids is 1. The van der Waals surface area contributed by atoms with Crippen LogP contribution in [0.4, 0.5) is 0 Å². The summed E-state index contributed by atoms with van der Waals surface area (Å²) in [5.74, 6) is -5.22. The van der Waals surface area contributed by atoms with E-state index in [0.717, 1.165) is 6.08 Å². The molecule has 0 saturated heterocycles. The molecule has 13 nitrogen and oxygen atoms in total. The topological polar surface area (TPSA) is 224 Å². The number of carbonyl (C=O) groups is 3. The predicted octanol–water partition coefficient (Wildman–Crippen LogP) is 0.435. The molecule has 0 spiro atoms. The summed E-state index contributed by atoms with van der Waals surface area (Å²) >= 11 is 0. The van der Waals surface area contributed by atoms with Crippen molar-refractivity contribution in [2.75, 3.05) is 6.54 Å². The van der Waals surface area contributed by atoms with E-state index in [0.29, 0.717) is 11.1 Å². The Hall–Kier alpha value is -4.62. The average Bonchev–Trinajstić information content (AvgIpc) is 2.85. The summed E-state index contributed by atoms with van der Waals surface area (Å²) in [6, 6.07) is 7.57. The zero-order valence-electron chi connectivity index (χ0n) is 19.7.